The molecule has 0 aliphatic heterocycles. The first kappa shape index (κ1) is 15.3. The van der Waals surface area contributed by atoms with Crippen molar-refractivity contribution in [1.82, 2.24) is 4.57 Å². The smallest absolute Gasteiger partial charge is 0.408 e. The van der Waals surface area contributed by atoms with E-state index in [2.05, 4.69) is 60.5 Å². The third-order valence-electron chi connectivity index (χ3n) is 3.34. The average Bonchev–Trinajstić information content (AvgIpc) is 2.75. The molecule has 1 aromatic heterocycles. The van der Waals surface area contributed by atoms with Gasteiger partial charge in [-0.25, -0.2) is 4.79 Å². The Morgan fingerprint density at radius 3 is 2.76 bits per heavy atom. The highest BCUT2D eigenvalue weighted by molar-refractivity contribution is 14.1. The summed E-state index contributed by atoms with van der Waals surface area (Å²) < 4.78 is 8.97. The van der Waals surface area contributed by atoms with Crippen LogP contribution >= 0.6 is 54.5 Å². The van der Waals surface area contributed by atoms with Gasteiger partial charge in [0.05, 0.1) is 10.3 Å². The predicted octanol–water partition coefficient (Wildman–Crippen LogP) is 4.98. The van der Waals surface area contributed by atoms with Crippen LogP contribution in [0.15, 0.2) is 50.1 Å². The number of nitrogens with zero attached hydrogens (tertiary/aromatic N) is 1. The number of hydrogen-bond donors (Lipinski definition) is 0. The Morgan fingerprint density at radius 2 is 2.00 bits per heavy atom. The van der Waals surface area contributed by atoms with E-state index >= 15 is 0 Å². The second kappa shape index (κ2) is 5.89. The number of halogens is 3. The van der Waals surface area contributed by atoms with Gasteiger partial charge in [0.2, 0.25) is 0 Å². The second-order valence-electron chi connectivity index (χ2n) is 4.68. The summed E-state index contributed by atoms with van der Waals surface area (Å²) in [6.45, 7) is 0. The lowest BCUT2D eigenvalue weighted by Crippen LogP contribution is -2.08. The molecule has 2 aromatic carbocycles. The first-order valence-electron chi connectivity index (χ1n) is 6.16. The quantitative estimate of drug-likeness (QED) is 0.351. The van der Waals surface area contributed by atoms with Crippen LogP contribution in [0.5, 0.6) is 0 Å². The highest BCUT2D eigenvalue weighted by atomic mass is 127. The molecule has 108 valence electrons. The molecule has 0 saturated heterocycles. The van der Waals surface area contributed by atoms with Crippen molar-refractivity contribution in [1.29, 1.82) is 0 Å². The maximum atomic E-state index is 11.6. The number of benzene rings is 2. The van der Waals surface area contributed by atoms with Gasteiger partial charge in [0.25, 0.3) is 0 Å². The standard InChI is InChI=1S/C15H10Br2INO2/c1-19-12-5-2-8(6-13(12)21-15(19)20)14(17)10-7-9(18)3-4-11(10)16/h2-7,14H,1H3. The van der Waals surface area contributed by atoms with E-state index in [0.717, 1.165) is 21.1 Å². The van der Waals surface area contributed by atoms with Crippen LogP contribution in [0.25, 0.3) is 11.1 Å². The Hall–Kier alpha value is -0.600. The largest absolute Gasteiger partial charge is 0.419 e. The summed E-state index contributed by atoms with van der Waals surface area (Å²) in [6.07, 6.45) is 0. The Morgan fingerprint density at radius 1 is 1.24 bits per heavy atom. The zero-order valence-corrected chi connectivity index (χ0v) is 16.3. The highest BCUT2D eigenvalue weighted by Crippen LogP contribution is 2.37. The third-order valence-corrected chi connectivity index (χ3v) is 5.76. The Labute approximate surface area is 151 Å². The fourth-order valence-electron chi connectivity index (χ4n) is 2.20. The Kier molecular flexibility index (Phi) is 4.29. The van der Waals surface area contributed by atoms with Crippen LogP contribution in [-0.2, 0) is 7.05 Å². The minimum Gasteiger partial charge on any atom is -0.408 e. The number of alkyl halides is 1. The van der Waals surface area contributed by atoms with Crippen LogP contribution in [0, 0.1) is 3.57 Å². The van der Waals surface area contributed by atoms with Gasteiger partial charge in [-0.05, 0) is 64.0 Å². The molecule has 0 bridgehead atoms. The lowest BCUT2D eigenvalue weighted by atomic mass is 10.0. The molecule has 3 aromatic rings. The van der Waals surface area contributed by atoms with Crippen molar-refractivity contribution >= 4 is 65.6 Å². The topological polar surface area (TPSA) is 35.1 Å². The van der Waals surface area contributed by atoms with E-state index in [1.165, 1.54) is 8.14 Å². The minimum absolute atomic E-state index is 0.0245. The molecular weight excluding hydrogens is 513 g/mol. The summed E-state index contributed by atoms with van der Waals surface area (Å²) in [5, 5.41) is 0. The molecule has 0 aliphatic rings. The van der Waals surface area contributed by atoms with E-state index in [-0.39, 0.29) is 10.6 Å². The zero-order valence-electron chi connectivity index (χ0n) is 10.9. The fraction of sp³-hybridized carbons (Fsp3) is 0.133. The van der Waals surface area contributed by atoms with Gasteiger partial charge >= 0.3 is 5.76 Å². The van der Waals surface area contributed by atoms with Gasteiger partial charge in [0, 0.05) is 15.1 Å². The number of fused-ring (bicyclic) bond motifs is 1. The fourth-order valence-corrected chi connectivity index (χ4v) is 4.16. The lowest BCUT2D eigenvalue weighted by molar-refractivity contribution is 0.528. The summed E-state index contributed by atoms with van der Waals surface area (Å²) in [5.41, 5.74) is 3.58. The van der Waals surface area contributed by atoms with Crippen molar-refractivity contribution in [2.75, 3.05) is 0 Å². The van der Waals surface area contributed by atoms with E-state index in [1.807, 2.05) is 30.3 Å². The number of rotatable bonds is 2. The van der Waals surface area contributed by atoms with Crippen molar-refractivity contribution in [3.8, 4) is 0 Å². The van der Waals surface area contributed by atoms with E-state index < -0.39 is 0 Å². The molecule has 1 unspecified atom stereocenters. The number of aryl methyl sites for hydroxylation is 1. The van der Waals surface area contributed by atoms with Gasteiger partial charge in [-0.3, -0.25) is 4.57 Å². The van der Waals surface area contributed by atoms with Gasteiger partial charge in [0.15, 0.2) is 5.58 Å². The average molecular weight is 523 g/mol. The van der Waals surface area contributed by atoms with Crippen LogP contribution in [0.4, 0.5) is 0 Å². The first-order chi connectivity index (χ1) is 9.97. The zero-order chi connectivity index (χ0) is 15.1. The van der Waals surface area contributed by atoms with Crippen molar-refractivity contribution < 1.29 is 4.42 Å². The molecule has 0 spiro atoms. The molecule has 3 nitrogen and oxygen atoms in total. The van der Waals surface area contributed by atoms with Crippen LogP contribution in [0.3, 0.4) is 0 Å². The summed E-state index contributed by atoms with van der Waals surface area (Å²) in [5.74, 6) is -0.344. The first-order valence-corrected chi connectivity index (χ1v) is 8.94. The molecule has 0 N–H and O–H groups in total. The minimum atomic E-state index is -0.344. The maximum absolute atomic E-state index is 11.6. The molecule has 0 amide bonds. The lowest BCUT2D eigenvalue weighted by Gasteiger charge is -2.13. The number of hydrogen-bond acceptors (Lipinski definition) is 2. The molecule has 0 aliphatic carbocycles. The van der Waals surface area contributed by atoms with Gasteiger partial charge in [-0.2, -0.15) is 0 Å². The number of aromatic nitrogens is 1. The molecule has 1 heterocycles. The predicted molar refractivity (Wildman–Crippen MR) is 99.1 cm³/mol. The summed E-state index contributed by atoms with van der Waals surface area (Å²) in [7, 11) is 1.70. The molecule has 1 atom stereocenters. The van der Waals surface area contributed by atoms with Crippen molar-refractivity contribution in [3.63, 3.8) is 0 Å². The molecular formula is C15H10Br2INO2. The summed E-state index contributed by atoms with van der Waals surface area (Å²) in [6, 6.07) is 12.0. The van der Waals surface area contributed by atoms with Crippen molar-refractivity contribution in [2.45, 2.75) is 4.83 Å². The van der Waals surface area contributed by atoms with Crippen LogP contribution < -0.4 is 5.76 Å². The van der Waals surface area contributed by atoms with Gasteiger partial charge in [-0.1, -0.05) is 37.9 Å². The van der Waals surface area contributed by atoms with Gasteiger partial charge < -0.3 is 4.42 Å². The molecule has 0 saturated carbocycles. The SMILES string of the molecule is Cn1c(=O)oc2cc(C(Br)c3cc(I)ccc3Br)ccc21. The van der Waals surface area contributed by atoms with Gasteiger partial charge in [0.1, 0.15) is 0 Å². The Bertz CT molecular complexity index is 885. The van der Waals surface area contributed by atoms with Gasteiger partial charge in [-0.15, -0.1) is 0 Å². The van der Waals surface area contributed by atoms with Crippen molar-refractivity contribution in [2.24, 2.45) is 7.05 Å². The van der Waals surface area contributed by atoms with Crippen LogP contribution in [-0.4, -0.2) is 4.57 Å². The summed E-state index contributed by atoms with van der Waals surface area (Å²) >= 11 is 9.60. The highest BCUT2D eigenvalue weighted by Gasteiger charge is 2.16. The van der Waals surface area contributed by atoms with Crippen LogP contribution in [0.2, 0.25) is 0 Å². The maximum Gasteiger partial charge on any atom is 0.419 e. The van der Waals surface area contributed by atoms with E-state index in [9.17, 15) is 4.79 Å². The van der Waals surface area contributed by atoms with E-state index in [0.29, 0.717) is 5.58 Å². The monoisotopic (exact) mass is 521 g/mol. The second-order valence-corrected chi connectivity index (χ2v) is 7.70. The summed E-state index contributed by atoms with van der Waals surface area (Å²) in [4.78, 5) is 11.6. The van der Waals surface area contributed by atoms with E-state index in [1.54, 1.807) is 7.05 Å². The van der Waals surface area contributed by atoms with Crippen molar-refractivity contribution in [3.05, 3.63) is 66.1 Å². The Balaban J connectivity index is 2.11. The molecule has 6 heteroatoms. The molecule has 3 rings (SSSR count). The normalized spacial score (nSPS) is 12.8. The molecule has 0 fully saturated rings. The van der Waals surface area contributed by atoms with Crippen LogP contribution in [0.1, 0.15) is 16.0 Å². The number of oxazole rings is 1. The molecule has 21 heavy (non-hydrogen) atoms. The molecule has 0 radical (unpaired) electrons. The van der Waals surface area contributed by atoms with E-state index in [4.69, 9.17) is 4.42 Å². The third kappa shape index (κ3) is 2.85.